The Morgan fingerprint density at radius 2 is 1.87 bits per heavy atom. The van der Waals surface area contributed by atoms with E-state index in [1.165, 1.54) is 38.2 Å². The van der Waals surface area contributed by atoms with Crippen molar-refractivity contribution in [1.29, 1.82) is 0 Å². The summed E-state index contributed by atoms with van der Waals surface area (Å²) in [4.78, 5) is 26.3. The molecule has 0 bridgehead atoms. The van der Waals surface area contributed by atoms with Gasteiger partial charge in [-0.05, 0) is 49.7 Å². The molecule has 1 fully saturated rings. The average molecular weight is 421 g/mol. The summed E-state index contributed by atoms with van der Waals surface area (Å²) in [5.41, 5.74) is 1.92. The van der Waals surface area contributed by atoms with Gasteiger partial charge in [-0.1, -0.05) is 37.5 Å². The second-order valence-electron chi connectivity index (χ2n) is 8.16. The van der Waals surface area contributed by atoms with Gasteiger partial charge in [0, 0.05) is 35.8 Å². The number of ether oxygens (including phenoxy) is 1. The molecule has 1 aliphatic rings. The lowest BCUT2D eigenvalue weighted by Crippen LogP contribution is -2.33. The van der Waals surface area contributed by atoms with Crippen molar-refractivity contribution in [1.82, 2.24) is 4.90 Å². The zero-order chi connectivity index (χ0) is 21.6. The summed E-state index contributed by atoms with van der Waals surface area (Å²) in [6.45, 7) is 0.668. The highest BCUT2D eigenvalue weighted by Crippen LogP contribution is 2.25. The predicted molar refractivity (Wildman–Crippen MR) is 121 cm³/mol. The number of para-hydroxylation sites is 1. The third-order valence-electron chi connectivity index (χ3n) is 5.87. The lowest BCUT2D eigenvalue weighted by Gasteiger charge is -2.31. The van der Waals surface area contributed by atoms with E-state index in [0.29, 0.717) is 17.4 Å². The van der Waals surface area contributed by atoms with Crippen LogP contribution in [0.25, 0.3) is 11.0 Å². The molecule has 0 saturated heterocycles. The molecule has 0 atom stereocenters. The Bertz CT molecular complexity index is 1100. The highest BCUT2D eigenvalue weighted by atomic mass is 16.5. The third-order valence-corrected chi connectivity index (χ3v) is 5.87. The first-order valence-corrected chi connectivity index (χ1v) is 10.8. The Labute approximate surface area is 181 Å². The maximum Gasteiger partial charge on any atom is 0.336 e. The van der Waals surface area contributed by atoms with Crippen LogP contribution in [0.2, 0.25) is 0 Å². The quantitative estimate of drug-likeness (QED) is 0.567. The van der Waals surface area contributed by atoms with Gasteiger partial charge in [-0.2, -0.15) is 0 Å². The van der Waals surface area contributed by atoms with Gasteiger partial charge >= 0.3 is 5.63 Å². The Hall–Kier alpha value is -3.12. The molecule has 0 aliphatic heterocycles. The lowest BCUT2D eigenvalue weighted by atomic mass is 9.94. The fourth-order valence-corrected chi connectivity index (χ4v) is 4.17. The van der Waals surface area contributed by atoms with E-state index >= 15 is 0 Å². The molecule has 1 N–H and O–H groups in total. The van der Waals surface area contributed by atoms with E-state index in [4.69, 9.17) is 9.15 Å². The molecule has 3 aromatic rings. The van der Waals surface area contributed by atoms with Crippen molar-refractivity contribution in [2.45, 2.75) is 44.7 Å². The van der Waals surface area contributed by atoms with Crippen LogP contribution < -0.4 is 15.7 Å². The fourth-order valence-electron chi connectivity index (χ4n) is 4.17. The van der Waals surface area contributed by atoms with Crippen molar-refractivity contribution in [2.24, 2.45) is 0 Å². The smallest absolute Gasteiger partial charge is 0.336 e. The monoisotopic (exact) mass is 420 g/mol. The van der Waals surface area contributed by atoms with Gasteiger partial charge in [0.15, 0.2) is 6.61 Å². The van der Waals surface area contributed by atoms with Crippen LogP contribution in [0.3, 0.4) is 0 Å². The minimum absolute atomic E-state index is 0.130. The van der Waals surface area contributed by atoms with Gasteiger partial charge in [-0.25, -0.2) is 4.79 Å². The summed E-state index contributed by atoms with van der Waals surface area (Å²) in [6, 6.07) is 16.7. The molecule has 162 valence electrons. The van der Waals surface area contributed by atoms with E-state index < -0.39 is 5.63 Å². The minimum atomic E-state index is -0.419. The van der Waals surface area contributed by atoms with Gasteiger partial charge in [0.05, 0.1) is 0 Å². The molecule has 1 amide bonds. The van der Waals surface area contributed by atoms with Gasteiger partial charge in [-0.15, -0.1) is 0 Å². The summed E-state index contributed by atoms with van der Waals surface area (Å²) in [6.07, 6.45) is 6.40. The molecule has 6 heteroatoms. The summed E-state index contributed by atoms with van der Waals surface area (Å²) in [5, 5.41) is 3.77. The highest BCUT2D eigenvalue weighted by Gasteiger charge is 2.19. The summed E-state index contributed by atoms with van der Waals surface area (Å²) in [5.74, 6) is 0.240. The largest absolute Gasteiger partial charge is 0.484 e. The molecule has 0 spiro atoms. The van der Waals surface area contributed by atoms with E-state index in [1.54, 1.807) is 24.3 Å². The molecule has 0 radical (unpaired) electrons. The Balaban J connectivity index is 1.37. The van der Waals surface area contributed by atoms with Crippen molar-refractivity contribution < 1.29 is 13.9 Å². The van der Waals surface area contributed by atoms with E-state index in [2.05, 4.69) is 23.3 Å². The molecule has 4 rings (SSSR count). The van der Waals surface area contributed by atoms with E-state index in [0.717, 1.165) is 23.2 Å². The van der Waals surface area contributed by atoms with Crippen LogP contribution in [0, 0.1) is 0 Å². The number of anilines is 1. The maximum atomic E-state index is 12.5. The van der Waals surface area contributed by atoms with Crippen molar-refractivity contribution in [3.8, 4) is 5.75 Å². The second-order valence-corrected chi connectivity index (χ2v) is 8.16. The number of fused-ring (bicyclic) bond motifs is 1. The number of benzene rings is 2. The van der Waals surface area contributed by atoms with Crippen LogP contribution >= 0.6 is 0 Å². The molecular weight excluding hydrogens is 392 g/mol. The van der Waals surface area contributed by atoms with Gasteiger partial charge in [0.25, 0.3) is 5.91 Å². The molecule has 2 aromatic carbocycles. The highest BCUT2D eigenvalue weighted by molar-refractivity contribution is 5.92. The summed E-state index contributed by atoms with van der Waals surface area (Å²) >= 11 is 0. The van der Waals surface area contributed by atoms with Crippen molar-refractivity contribution >= 4 is 22.6 Å². The first kappa shape index (κ1) is 21.1. The number of amides is 1. The Morgan fingerprint density at radius 3 is 2.71 bits per heavy atom. The van der Waals surface area contributed by atoms with Crippen LogP contribution in [0.5, 0.6) is 5.75 Å². The average Bonchev–Trinajstić information content (AvgIpc) is 2.79. The number of nitrogens with zero attached hydrogens (tertiary/aromatic N) is 1. The van der Waals surface area contributed by atoms with Gasteiger partial charge in [-0.3, -0.25) is 9.69 Å². The predicted octanol–water partition coefficient (Wildman–Crippen LogP) is 4.58. The number of carbonyl (C=O) groups is 1. The standard InChI is InChI=1S/C25H28N2O4/c1-27(20-8-3-2-4-9-20)16-19-7-5-6-10-22(19)26-24(28)17-30-21-13-11-18-12-14-25(29)31-23(18)15-21/h5-7,10-15,20H,2-4,8-9,16-17H2,1H3,(H,26,28). The van der Waals surface area contributed by atoms with Crippen LogP contribution in [-0.4, -0.2) is 30.5 Å². The zero-order valence-corrected chi connectivity index (χ0v) is 17.8. The van der Waals surface area contributed by atoms with E-state index in [9.17, 15) is 9.59 Å². The molecule has 6 nitrogen and oxygen atoms in total. The van der Waals surface area contributed by atoms with Gasteiger partial charge < -0.3 is 14.5 Å². The van der Waals surface area contributed by atoms with Gasteiger partial charge in [0.1, 0.15) is 11.3 Å². The van der Waals surface area contributed by atoms with Crippen LogP contribution in [0.15, 0.2) is 63.8 Å². The molecule has 31 heavy (non-hydrogen) atoms. The molecule has 1 aromatic heterocycles. The molecular formula is C25H28N2O4. The van der Waals surface area contributed by atoms with Crippen molar-refractivity contribution in [2.75, 3.05) is 19.0 Å². The Kier molecular flexibility index (Phi) is 6.67. The first-order valence-electron chi connectivity index (χ1n) is 10.8. The number of rotatable bonds is 7. The van der Waals surface area contributed by atoms with Crippen LogP contribution in [0.4, 0.5) is 5.69 Å². The maximum absolute atomic E-state index is 12.5. The second kappa shape index (κ2) is 9.79. The number of hydrogen-bond donors (Lipinski definition) is 1. The molecule has 1 heterocycles. The topological polar surface area (TPSA) is 71.8 Å². The molecule has 0 unspecified atom stereocenters. The number of nitrogens with one attached hydrogen (secondary N) is 1. The number of carbonyl (C=O) groups excluding carboxylic acids is 1. The van der Waals surface area contributed by atoms with Crippen molar-refractivity contribution in [3.05, 3.63) is 70.6 Å². The fraction of sp³-hybridized carbons (Fsp3) is 0.360. The first-order chi connectivity index (χ1) is 15.1. The van der Waals surface area contributed by atoms with Gasteiger partial charge in [0.2, 0.25) is 0 Å². The normalized spacial score (nSPS) is 14.6. The third kappa shape index (κ3) is 5.52. The van der Waals surface area contributed by atoms with Crippen molar-refractivity contribution in [3.63, 3.8) is 0 Å². The lowest BCUT2D eigenvalue weighted by molar-refractivity contribution is -0.118. The minimum Gasteiger partial charge on any atom is -0.484 e. The van der Waals surface area contributed by atoms with E-state index in [1.807, 2.05) is 18.2 Å². The Morgan fingerprint density at radius 1 is 1.10 bits per heavy atom. The zero-order valence-electron chi connectivity index (χ0n) is 17.8. The summed E-state index contributed by atoms with van der Waals surface area (Å²) < 4.78 is 10.8. The molecule has 1 aliphatic carbocycles. The van der Waals surface area contributed by atoms with E-state index in [-0.39, 0.29) is 12.5 Å². The molecule has 1 saturated carbocycles. The SMILES string of the molecule is CN(Cc1ccccc1NC(=O)COc1ccc2ccc(=O)oc2c1)C1CCCCC1. The summed E-state index contributed by atoms with van der Waals surface area (Å²) in [7, 11) is 2.16. The van der Waals surface area contributed by atoms with Crippen LogP contribution in [-0.2, 0) is 11.3 Å². The van der Waals surface area contributed by atoms with Crippen LogP contribution in [0.1, 0.15) is 37.7 Å². The number of hydrogen-bond acceptors (Lipinski definition) is 5.